The minimum absolute atomic E-state index is 0.0736. The SMILES string of the molecule is COc1ccc(CC(=O)OCCCOC(=O)Cc2ccc(OC)cc2OC)c(OC)c1. The Kier molecular flexibility index (Phi) is 9.48. The largest absolute Gasteiger partial charge is 0.497 e. The lowest BCUT2D eigenvalue weighted by Crippen LogP contribution is -2.14. The summed E-state index contributed by atoms with van der Waals surface area (Å²) in [4.78, 5) is 24.1. The molecule has 2 rings (SSSR count). The molecule has 0 atom stereocenters. The standard InChI is InChI=1S/C23H28O8/c1-26-18-8-6-16(20(14-18)28-3)12-22(24)30-10-5-11-31-23(25)13-17-7-9-19(27-2)15-21(17)29-4/h6-9,14-15H,5,10-13H2,1-4H3. The van der Waals surface area contributed by atoms with E-state index in [1.807, 2.05) is 0 Å². The molecule has 0 aliphatic heterocycles. The van der Waals surface area contributed by atoms with Gasteiger partial charge in [-0.25, -0.2) is 0 Å². The molecule has 168 valence electrons. The quantitative estimate of drug-likeness (QED) is 0.374. The van der Waals surface area contributed by atoms with Crippen molar-refractivity contribution in [3.63, 3.8) is 0 Å². The molecule has 0 bridgehead atoms. The van der Waals surface area contributed by atoms with Gasteiger partial charge in [0.05, 0.1) is 54.5 Å². The van der Waals surface area contributed by atoms with Crippen molar-refractivity contribution in [1.82, 2.24) is 0 Å². The fraction of sp³-hybridized carbons (Fsp3) is 0.391. The van der Waals surface area contributed by atoms with Crippen molar-refractivity contribution in [1.29, 1.82) is 0 Å². The summed E-state index contributed by atoms with van der Waals surface area (Å²) in [5.74, 6) is 1.61. The average Bonchev–Trinajstić information content (AvgIpc) is 2.79. The van der Waals surface area contributed by atoms with Crippen LogP contribution in [0.25, 0.3) is 0 Å². The first-order valence-corrected chi connectivity index (χ1v) is 9.73. The maximum absolute atomic E-state index is 12.1. The highest BCUT2D eigenvalue weighted by molar-refractivity contribution is 5.74. The van der Waals surface area contributed by atoms with Crippen LogP contribution in [0.15, 0.2) is 36.4 Å². The van der Waals surface area contributed by atoms with E-state index < -0.39 is 11.9 Å². The van der Waals surface area contributed by atoms with Crippen LogP contribution in [0.5, 0.6) is 23.0 Å². The van der Waals surface area contributed by atoms with E-state index in [1.54, 1.807) is 50.6 Å². The zero-order valence-corrected chi connectivity index (χ0v) is 18.3. The lowest BCUT2D eigenvalue weighted by Gasteiger charge is -2.11. The normalized spacial score (nSPS) is 10.2. The van der Waals surface area contributed by atoms with Crippen molar-refractivity contribution in [2.45, 2.75) is 19.3 Å². The molecule has 2 aromatic rings. The molecular formula is C23H28O8. The van der Waals surface area contributed by atoms with Crippen molar-refractivity contribution in [2.75, 3.05) is 41.7 Å². The van der Waals surface area contributed by atoms with Crippen molar-refractivity contribution < 1.29 is 38.0 Å². The van der Waals surface area contributed by atoms with E-state index in [0.29, 0.717) is 40.5 Å². The molecule has 8 heteroatoms. The van der Waals surface area contributed by atoms with Crippen molar-refractivity contribution >= 4 is 11.9 Å². The van der Waals surface area contributed by atoms with Gasteiger partial charge in [0, 0.05) is 29.7 Å². The number of carbonyl (C=O) groups excluding carboxylic acids is 2. The summed E-state index contributed by atoms with van der Waals surface area (Å²) in [5.41, 5.74) is 1.40. The predicted molar refractivity (Wildman–Crippen MR) is 113 cm³/mol. The van der Waals surface area contributed by atoms with Gasteiger partial charge in [0.15, 0.2) is 0 Å². The third-order valence-electron chi connectivity index (χ3n) is 4.47. The first-order valence-electron chi connectivity index (χ1n) is 9.73. The van der Waals surface area contributed by atoms with Crippen molar-refractivity contribution in [3.05, 3.63) is 47.5 Å². The van der Waals surface area contributed by atoms with E-state index in [9.17, 15) is 9.59 Å². The maximum atomic E-state index is 12.1. The van der Waals surface area contributed by atoms with Gasteiger partial charge >= 0.3 is 11.9 Å². The Labute approximate surface area is 182 Å². The Balaban J connectivity index is 1.71. The second-order valence-corrected chi connectivity index (χ2v) is 6.50. The molecule has 0 aliphatic carbocycles. The van der Waals surface area contributed by atoms with Crippen molar-refractivity contribution in [2.24, 2.45) is 0 Å². The molecule has 0 aliphatic rings. The van der Waals surface area contributed by atoms with Gasteiger partial charge in [0.2, 0.25) is 0 Å². The number of methoxy groups -OCH3 is 4. The van der Waals surface area contributed by atoms with Gasteiger partial charge in [0.25, 0.3) is 0 Å². The summed E-state index contributed by atoms with van der Waals surface area (Å²) >= 11 is 0. The number of hydrogen-bond donors (Lipinski definition) is 0. The van der Waals surface area contributed by atoms with Gasteiger partial charge in [-0.2, -0.15) is 0 Å². The number of benzene rings is 2. The minimum atomic E-state index is -0.391. The zero-order chi connectivity index (χ0) is 22.6. The Morgan fingerprint density at radius 3 is 1.42 bits per heavy atom. The smallest absolute Gasteiger partial charge is 0.310 e. The summed E-state index contributed by atoms with van der Waals surface area (Å²) in [6.07, 6.45) is 0.547. The number of hydrogen-bond acceptors (Lipinski definition) is 8. The van der Waals surface area contributed by atoms with Crippen LogP contribution in [0.3, 0.4) is 0 Å². The maximum Gasteiger partial charge on any atom is 0.310 e. The van der Waals surface area contributed by atoms with E-state index in [2.05, 4.69) is 0 Å². The molecule has 0 heterocycles. The summed E-state index contributed by atoms with van der Waals surface area (Å²) in [6, 6.07) is 10.4. The van der Waals surface area contributed by atoms with Crippen LogP contribution in [0.1, 0.15) is 17.5 Å². The molecular weight excluding hydrogens is 404 g/mol. The second kappa shape index (κ2) is 12.3. The number of carbonyl (C=O) groups is 2. The van der Waals surface area contributed by atoms with Crippen LogP contribution >= 0.6 is 0 Å². The number of esters is 2. The van der Waals surface area contributed by atoms with Crippen molar-refractivity contribution in [3.8, 4) is 23.0 Å². The van der Waals surface area contributed by atoms with Crippen LogP contribution in [0, 0.1) is 0 Å². The Hall–Kier alpha value is -3.42. The van der Waals surface area contributed by atoms with E-state index in [0.717, 1.165) is 0 Å². The molecule has 0 fully saturated rings. The topological polar surface area (TPSA) is 89.5 Å². The third kappa shape index (κ3) is 7.40. The molecule has 0 unspecified atom stereocenters. The molecule has 0 radical (unpaired) electrons. The van der Waals surface area contributed by atoms with Gasteiger partial charge in [-0.3, -0.25) is 9.59 Å². The van der Waals surface area contributed by atoms with Gasteiger partial charge < -0.3 is 28.4 Å². The first-order chi connectivity index (χ1) is 15.0. The van der Waals surface area contributed by atoms with Crippen LogP contribution in [0.2, 0.25) is 0 Å². The van der Waals surface area contributed by atoms with E-state index in [4.69, 9.17) is 28.4 Å². The third-order valence-corrected chi connectivity index (χ3v) is 4.47. The van der Waals surface area contributed by atoms with E-state index >= 15 is 0 Å². The number of ether oxygens (including phenoxy) is 6. The minimum Gasteiger partial charge on any atom is -0.497 e. The molecule has 8 nitrogen and oxygen atoms in total. The van der Waals surface area contributed by atoms with Gasteiger partial charge in [-0.15, -0.1) is 0 Å². The summed E-state index contributed by atoms with van der Waals surface area (Å²) < 4.78 is 31.3. The lowest BCUT2D eigenvalue weighted by molar-refractivity contribution is -0.145. The summed E-state index contributed by atoms with van der Waals surface area (Å²) in [6.45, 7) is 0.298. The van der Waals surface area contributed by atoms with Crippen LogP contribution < -0.4 is 18.9 Å². The highest BCUT2D eigenvalue weighted by Crippen LogP contribution is 2.26. The number of rotatable bonds is 12. The highest BCUT2D eigenvalue weighted by atomic mass is 16.5. The monoisotopic (exact) mass is 432 g/mol. The average molecular weight is 432 g/mol. The Morgan fingerprint density at radius 1 is 0.645 bits per heavy atom. The first kappa shape index (κ1) is 23.9. The van der Waals surface area contributed by atoms with Gasteiger partial charge in [-0.1, -0.05) is 12.1 Å². The Bertz CT molecular complexity index is 806. The molecule has 0 spiro atoms. The fourth-order valence-corrected chi connectivity index (χ4v) is 2.84. The lowest BCUT2D eigenvalue weighted by atomic mass is 10.1. The molecule has 0 amide bonds. The fourth-order valence-electron chi connectivity index (χ4n) is 2.84. The zero-order valence-electron chi connectivity index (χ0n) is 18.3. The molecule has 0 saturated carbocycles. The predicted octanol–water partition coefficient (Wildman–Crippen LogP) is 2.98. The van der Waals surface area contributed by atoms with Gasteiger partial charge in [-0.05, 0) is 12.1 Å². The van der Waals surface area contributed by atoms with Crippen LogP contribution in [-0.4, -0.2) is 53.6 Å². The van der Waals surface area contributed by atoms with Crippen LogP contribution in [-0.2, 0) is 31.9 Å². The Morgan fingerprint density at radius 2 is 1.06 bits per heavy atom. The summed E-state index contributed by atoms with van der Waals surface area (Å²) in [5, 5.41) is 0. The van der Waals surface area contributed by atoms with Crippen LogP contribution in [0.4, 0.5) is 0 Å². The summed E-state index contributed by atoms with van der Waals surface area (Å²) in [7, 11) is 6.17. The molecule has 0 aromatic heterocycles. The van der Waals surface area contributed by atoms with Gasteiger partial charge in [0.1, 0.15) is 23.0 Å². The molecule has 0 saturated heterocycles. The molecule has 31 heavy (non-hydrogen) atoms. The highest BCUT2D eigenvalue weighted by Gasteiger charge is 2.13. The molecule has 2 aromatic carbocycles. The second-order valence-electron chi connectivity index (χ2n) is 6.50. The molecule has 0 N–H and O–H groups in total. The van der Waals surface area contributed by atoms with E-state index in [1.165, 1.54) is 14.2 Å². The van der Waals surface area contributed by atoms with E-state index in [-0.39, 0.29) is 26.1 Å².